The first-order chi connectivity index (χ1) is 9.06. The molecular weight excluding hydrogens is 240 g/mol. The number of aromatic nitrogens is 5. The van der Waals surface area contributed by atoms with Gasteiger partial charge in [0, 0.05) is 30.4 Å². The Morgan fingerprint density at radius 3 is 2.53 bits per heavy atom. The van der Waals surface area contributed by atoms with Crippen molar-refractivity contribution in [1.82, 2.24) is 24.7 Å². The number of nitrogens with zero attached hydrogens (tertiary/aromatic N) is 5. The van der Waals surface area contributed by atoms with Crippen LogP contribution in [0.2, 0.25) is 0 Å². The first-order valence-electron chi connectivity index (χ1n) is 6.50. The van der Waals surface area contributed by atoms with Crippen LogP contribution in [0.5, 0.6) is 0 Å². The molecule has 0 aliphatic heterocycles. The summed E-state index contributed by atoms with van der Waals surface area (Å²) in [6, 6.07) is 1.96. The van der Waals surface area contributed by atoms with E-state index in [4.69, 9.17) is 0 Å². The molecule has 2 heterocycles. The van der Waals surface area contributed by atoms with Gasteiger partial charge in [-0.3, -0.25) is 0 Å². The zero-order chi connectivity index (χ0) is 13.8. The Balaban J connectivity index is 1.94. The Kier molecular flexibility index (Phi) is 4.09. The minimum atomic E-state index is 0.375. The normalized spacial score (nSPS) is 11.0. The van der Waals surface area contributed by atoms with Gasteiger partial charge in [-0.1, -0.05) is 13.8 Å². The van der Waals surface area contributed by atoms with Gasteiger partial charge in [-0.2, -0.15) is 0 Å². The molecule has 2 aromatic rings. The number of hydrogen-bond donors (Lipinski definition) is 1. The average molecular weight is 260 g/mol. The molecule has 0 bridgehead atoms. The summed E-state index contributed by atoms with van der Waals surface area (Å²) in [5.74, 6) is 2.06. The molecule has 0 spiro atoms. The number of aryl methyl sites for hydroxylation is 2. The summed E-state index contributed by atoms with van der Waals surface area (Å²) >= 11 is 0. The molecule has 0 amide bonds. The number of rotatable bonds is 5. The van der Waals surface area contributed by atoms with Gasteiger partial charge in [-0.25, -0.2) is 9.97 Å². The van der Waals surface area contributed by atoms with E-state index in [1.54, 1.807) is 6.33 Å². The Hall–Kier alpha value is -1.98. The molecule has 19 heavy (non-hydrogen) atoms. The predicted octanol–water partition coefficient (Wildman–Crippen LogP) is 1.92. The summed E-state index contributed by atoms with van der Waals surface area (Å²) in [5, 5.41) is 11.3. The maximum absolute atomic E-state index is 4.35. The van der Waals surface area contributed by atoms with E-state index in [1.807, 2.05) is 19.9 Å². The first kappa shape index (κ1) is 13.5. The van der Waals surface area contributed by atoms with Crippen LogP contribution in [-0.4, -0.2) is 31.3 Å². The molecule has 1 N–H and O–H groups in total. The molecule has 0 saturated heterocycles. The van der Waals surface area contributed by atoms with Gasteiger partial charge in [-0.15, -0.1) is 10.2 Å². The van der Waals surface area contributed by atoms with Crippen molar-refractivity contribution in [2.75, 3.05) is 11.9 Å². The second-order valence-electron chi connectivity index (χ2n) is 4.94. The third kappa shape index (κ3) is 3.49. The lowest BCUT2D eigenvalue weighted by molar-refractivity contribution is 0.635. The van der Waals surface area contributed by atoms with Crippen molar-refractivity contribution in [2.45, 2.75) is 40.2 Å². The summed E-state index contributed by atoms with van der Waals surface area (Å²) in [5.41, 5.74) is 1.95. The van der Waals surface area contributed by atoms with E-state index < -0.39 is 0 Å². The molecule has 6 heteroatoms. The van der Waals surface area contributed by atoms with E-state index in [-0.39, 0.29) is 0 Å². The molecule has 2 rings (SSSR count). The van der Waals surface area contributed by atoms with Crippen LogP contribution in [0.1, 0.15) is 37.0 Å². The topological polar surface area (TPSA) is 68.5 Å². The minimum absolute atomic E-state index is 0.375. The lowest BCUT2D eigenvalue weighted by Gasteiger charge is -2.10. The molecular formula is C13H20N6. The van der Waals surface area contributed by atoms with Crippen molar-refractivity contribution in [1.29, 1.82) is 0 Å². The van der Waals surface area contributed by atoms with Crippen LogP contribution in [-0.2, 0) is 6.54 Å². The van der Waals surface area contributed by atoms with Crippen LogP contribution in [0.4, 0.5) is 5.95 Å². The minimum Gasteiger partial charge on any atom is -0.352 e. The molecule has 0 atom stereocenters. The highest BCUT2D eigenvalue weighted by Gasteiger charge is 2.08. The van der Waals surface area contributed by atoms with Gasteiger partial charge in [0.15, 0.2) is 0 Å². The largest absolute Gasteiger partial charge is 0.352 e. The zero-order valence-electron chi connectivity index (χ0n) is 11.9. The van der Waals surface area contributed by atoms with Crippen molar-refractivity contribution in [3.63, 3.8) is 0 Å². The highest BCUT2D eigenvalue weighted by Crippen LogP contribution is 2.10. The number of hydrogen-bond acceptors (Lipinski definition) is 5. The maximum atomic E-state index is 4.35. The van der Waals surface area contributed by atoms with Crippen LogP contribution < -0.4 is 5.32 Å². The molecule has 0 radical (unpaired) electrons. The van der Waals surface area contributed by atoms with E-state index >= 15 is 0 Å². The van der Waals surface area contributed by atoms with Gasteiger partial charge < -0.3 is 9.88 Å². The SMILES string of the molecule is Cc1cc(C)nc(NCCn2cnnc2C(C)C)n1. The van der Waals surface area contributed by atoms with E-state index in [2.05, 4.69) is 43.9 Å². The Morgan fingerprint density at radius 1 is 1.21 bits per heavy atom. The van der Waals surface area contributed by atoms with Gasteiger partial charge >= 0.3 is 0 Å². The highest BCUT2D eigenvalue weighted by atomic mass is 15.3. The van der Waals surface area contributed by atoms with Crippen molar-refractivity contribution in [2.24, 2.45) is 0 Å². The molecule has 0 aliphatic rings. The number of nitrogens with one attached hydrogen (secondary N) is 1. The molecule has 0 aliphatic carbocycles. The van der Waals surface area contributed by atoms with Crippen LogP contribution in [0.15, 0.2) is 12.4 Å². The average Bonchev–Trinajstić information content (AvgIpc) is 2.76. The third-order valence-electron chi connectivity index (χ3n) is 2.78. The fourth-order valence-corrected chi connectivity index (χ4v) is 1.98. The van der Waals surface area contributed by atoms with Crippen molar-refractivity contribution < 1.29 is 0 Å². The summed E-state index contributed by atoms with van der Waals surface area (Å²) in [6.07, 6.45) is 1.76. The first-order valence-corrected chi connectivity index (χ1v) is 6.50. The van der Waals surface area contributed by atoms with Crippen LogP contribution in [0.3, 0.4) is 0 Å². The van der Waals surface area contributed by atoms with Crippen molar-refractivity contribution >= 4 is 5.95 Å². The Bertz CT molecular complexity index is 526. The van der Waals surface area contributed by atoms with E-state index in [0.29, 0.717) is 11.9 Å². The lowest BCUT2D eigenvalue weighted by Crippen LogP contribution is -2.15. The fourth-order valence-electron chi connectivity index (χ4n) is 1.98. The fraction of sp³-hybridized carbons (Fsp3) is 0.538. The van der Waals surface area contributed by atoms with Crippen LogP contribution >= 0.6 is 0 Å². The van der Waals surface area contributed by atoms with Crippen molar-refractivity contribution in [3.8, 4) is 0 Å². The Morgan fingerprint density at radius 2 is 1.89 bits per heavy atom. The molecule has 0 aromatic carbocycles. The van der Waals surface area contributed by atoms with Gasteiger partial charge in [0.1, 0.15) is 12.2 Å². The molecule has 102 valence electrons. The predicted molar refractivity (Wildman–Crippen MR) is 74.1 cm³/mol. The monoisotopic (exact) mass is 260 g/mol. The van der Waals surface area contributed by atoms with E-state index in [1.165, 1.54) is 0 Å². The van der Waals surface area contributed by atoms with Crippen LogP contribution in [0, 0.1) is 13.8 Å². The summed E-state index contributed by atoms with van der Waals surface area (Å²) in [7, 11) is 0. The van der Waals surface area contributed by atoms with E-state index in [9.17, 15) is 0 Å². The highest BCUT2D eigenvalue weighted by molar-refractivity contribution is 5.27. The Labute approximate surface area is 113 Å². The van der Waals surface area contributed by atoms with Gasteiger partial charge in [-0.05, 0) is 19.9 Å². The summed E-state index contributed by atoms with van der Waals surface area (Å²) in [6.45, 7) is 9.71. The third-order valence-corrected chi connectivity index (χ3v) is 2.78. The maximum Gasteiger partial charge on any atom is 0.223 e. The molecule has 0 unspecified atom stereocenters. The summed E-state index contributed by atoms with van der Waals surface area (Å²) in [4.78, 5) is 8.70. The van der Waals surface area contributed by atoms with Gasteiger partial charge in [0.2, 0.25) is 5.95 Å². The second-order valence-corrected chi connectivity index (χ2v) is 4.94. The second kappa shape index (κ2) is 5.77. The smallest absolute Gasteiger partial charge is 0.223 e. The van der Waals surface area contributed by atoms with E-state index in [0.717, 1.165) is 30.3 Å². The molecule has 6 nitrogen and oxygen atoms in total. The molecule has 2 aromatic heterocycles. The van der Waals surface area contributed by atoms with Gasteiger partial charge in [0.05, 0.1) is 0 Å². The molecule has 0 fully saturated rings. The van der Waals surface area contributed by atoms with Crippen molar-refractivity contribution in [3.05, 3.63) is 29.6 Å². The zero-order valence-corrected chi connectivity index (χ0v) is 11.9. The van der Waals surface area contributed by atoms with Crippen LogP contribution in [0.25, 0.3) is 0 Å². The van der Waals surface area contributed by atoms with Gasteiger partial charge in [0.25, 0.3) is 0 Å². The standard InChI is InChI=1S/C13H20N6/c1-9(2)12-18-15-8-19(12)6-5-14-13-16-10(3)7-11(4)17-13/h7-9H,5-6H2,1-4H3,(H,14,16,17). The quantitative estimate of drug-likeness (QED) is 0.889. The lowest BCUT2D eigenvalue weighted by atomic mass is 10.2. The number of anilines is 1. The molecule has 0 saturated carbocycles. The summed E-state index contributed by atoms with van der Waals surface area (Å²) < 4.78 is 2.06.